The Morgan fingerprint density at radius 1 is 0.447 bits per heavy atom. The molecule has 0 aliphatic rings. The first-order valence-electron chi connectivity index (χ1n) is 30.1. The van der Waals surface area contributed by atoms with Gasteiger partial charge in [-0.2, -0.15) is 0 Å². The third-order valence-electron chi connectivity index (χ3n) is 13.3. The van der Waals surface area contributed by atoms with Gasteiger partial charge in [0, 0.05) is 77.1 Å². The van der Waals surface area contributed by atoms with Crippen molar-refractivity contribution in [1.29, 1.82) is 0 Å². The lowest BCUT2D eigenvalue weighted by molar-refractivity contribution is -0.149. The van der Waals surface area contributed by atoms with E-state index in [1.54, 1.807) is 19.1 Å². The number of amides is 4. The fourth-order valence-corrected chi connectivity index (χ4v) is 8.42. The number of Topliss-reactive ketones (excluding diaryl/α,β-unsaturated/α-hetero) is 4. The van der Waals surface area contributed by atoms with E-state index in [4.69, 9.17) is 24.1 Å². The molecule has 482 valence electrons. The zero-order valence-electron chi connectivity index (χ0n) is 50.5. The van der Waals surface area contributed by atoms with Gasteiger partial charge in [0.15, 0.2) is 5.78 Å². The van der Waals surface area contributed by atoms with E-state index < -0.39 is 66.0 Å². The van der Waals surface area contributed by atoms with Crippen LogP contribution in [-0.4, -0.2) is 169 Å². The van der Waals surface area contributed by atoms with Gasteiger partial charge in [0.05, 0.1) is 39.0 Å². The Hall–Kier alpha value is -6.50. The second-order valence-electron chi connectivity index (χ2n) is 21.0. The van der Waals surface area contributed by atoms with Crippen molar-refractivity contribution in [3.63, 3.8) is 0 Å². The second-order valence-corrected chi connectivity index (χ2v) is 21.0. The molecule has 1 rings (SSSR count). The highest BCUT2D eigenvalue weighted by Gasteiger charge is 2.25. The smallest absolute Gasteiger partial charge is 0.372 e. The number of carboxylic acid groups (broad SMARTS) is 4. The van der Waals surface area contributed by atoms with Crippen molar-refractivity contribution in [2.45, 2.75) is 206 Å². The molecule has 85 heavy (non-hydrogen) atoms. The maximum atomic E-state index is 12.3. The molecule has 1 aromatic rings. The zero-order valence-corrected chi connectivity index (χ0v) is 50.5. The molecule has 0 fully saturated rings. The van der Waals surface area contributed by atoms with Gasteiger partial charge in [0.1, 0.15) is 36.9 Å². The van der Waals surface area contributed by atoms with Crippen molar-refractivity contribution >= 4 is 70.6 Å². The number of aryl methyl sites for hydroxylation is 1. The van der Waals surface area contributed by atoms with Crippen molar-refractivity contribution in [3.8, 4) is 0 Å². The fourth-order valence-electron chi connectivity index (χ4n) is 8.42. The van der Waals surface area contributed by atoms with Crippen LogP contribution < -0.4 is 21.3 Å². The summed E-state index contributed by atoms with van der Waals surface area (Å²) in [6, 6.07) is 4.85. The predicted octanol–water partition coefficient (Wildman–Crippen LogP) is 6.67. The summed E-state index contributed by atoms with van der Waals surface area (Å²) in [4.78, 5) is 139. The molecule has 8 N–H and O–H groups in total. The lowest BCUT2D eigenvalue weighted by atomic mass is 9.95. The summed E-state index contributed by atoms with van der Waals surface area (Å²) >= 11 is 0. The van der Waals surface area contributed by atoms with Gasteiger partial charge >= 0.3 is 23.9 Å². The van der Waals surface area contributed by atoms with Crippen molar-refractivity contribution in [1.82, 2.24) is 21.3 Å². The molecule has 0 radical (unpaired) electrons. The molecule has 0 heterocycles. The summed E-state index contributed by atoms with van der Waals surface area (Å²) in [5.41, 5.74) is 1.72. The van der Waals surface area contributed by atoms with Crippen LogP contribution in [0.1, 0.15) is 203 Å². The molecule has 3 atom stereocenters. The van der Waals surface area contributed by atoms with E-state index in [1.807, 2.05) is 19.1 Å². The largest absolute Gasteiger partial charge is 0.481 e. The fraction of sp³-hybridized carbons (Fsp3) is 0.705. The first-order chi connectivity index (χ1) is 40.7. The third-order valence-corrected chi connectivity index (χ3v) is 13.3. The normalized spacial score (nSPS) is 11.9. The molecule has 1 unspecified atom stereocenters. The quantitative estimate of drug-likeness (QED) is 0.0249. The minimum atomic E-state index is -1.35. The van der Waals surface area contributed by atoms with Gasteiger partial charge in [-0.25, -0.2) is 14.4 Å². The van der Waals surface area contributed by atoms with Crippen LogP contribution in [0.4, 0.5) is 0 Å². The standard InChI is InChI=1S/C42H70N2O15.C19H28N2O5/c1-2-18-31(39(50)51)29-33(46)23-25-35(41(54)55)44-38(49)30-59-28-27-58-26-17-19-32(45)22-24-34(40(52)53)43-37(48)21-16-14-12-10-8-6-4-3-5-7-9-11-13-15-20-36(47)42(56)57;1-15-5-7-17(8-6-15)19(24)21-9-3-4-18(23)14-26-13-12-25-11-10-20-16(2)22/h31,34-35H,2-30H2,1H3,(H,43,48)(H,44,49)(H,50,51)(H,52,53)(H,54,55)(H,56,57);5-8H,3-4,9-14H2,1-2H3,(H,20,22)(H,21,24)/t31?,34-,35-;/m0./s1. The summed E-state index contributed by atoms with van der Waals surface area (Å²) in [6.07, 6.45) is 16.4. The Bertz CT molecular complexity index is 2140. The van der Waals surface area contributed by atoms with Crippen LogP contribution in [0.3, 0.4) is 0 Å². The van der Waals surface area contributed by atoms with Crippen LogP contribution in [0.2, 0.25) is 0 Å². The lowest BCUT2D eigenvalue weighted by Crippen LogP contribution is -2.42. The van der Waals surface area contributed by atoms with Crippen molar-refractivity contribution in [3.05, 3.63) is 35.4 Å². The minimum Gasteiger partial charge on any atom is -0.481 e. The molecule has 0 bridgehead atoms. The van der Waals surface area contributed by atoms with E-state index in [0.29, 0.717) is 83.4 Å². The maximum Gasteiger partial charge on any atom is 0.372 e. The Morgan fingerprint density at radius 3 is 1.45 bits per heavy atom. The highest BCUT2D eigenvalue weighted by molar-refractivity contribution is 6.32. The first-order valence-corrected chi connectivity index (χ1v) is 30.1. The van der Waals surface area contributed by atoms with Gasteiger partial charge in [-0.05, 0) is 64.0 Å². The molecule has 4 amide bonds. The minimum absolute atomic E-state index is 0.00664. The van der Waals surface area contributed by atoms with E-state index in [0.717, 1.165) is 63.4 Å². The molecule has 24 heteroatoms. The molecular weight excluding hydrogens is 1110 g/mol. The van der Waals surface area contributed by atoms with Gasteiger partial charge < -0.3 is 60.6 Å². The van der Waals surface area contributed by atoms with E-state index in [9.17, 15) is 72.9 Å². The van der Waals surface area contributed by atoms with Crippen LogP contribution in [0.15, 0.2) is 24.3 Å². The topological polar surface area (TPSA) is 371 Å². The molecular formula is C61H98N4O20. The van der Waals surface area contributed by atoms with E-state index in [-0.39, 0.29) is 107 Å². The average Bonchev–Trinajstić information content (AvgIpc) is 3.53. The number of nitrogens with one attached hydrogen (secondary N) is 4. The van der Waals surface area contributed by atoms with Gasteiger partial charge in [0.2, 0.25) is 23.5 Å². The number of carboxylic acids is 4. The SMILES string of the molecule is CC(=O)NCCOCCOCC(=O)CCCNC(=O)c1ccc(C)cc1.CCCC(CC(=O)CC[C@H](NC(=O)COCCOCCCC(=O)CC[C@H](NC(=O)CCCCCCCCCCCCCCCCC(=O)C(=O)O)C(=O)O)C(=O)O)C(=O)O. The van der Waals surface area contributed by atoms with Crippen molar-refractivity contribution < 1.29 is 96.9 Å². The second kappa shape index (κ2) is 51.9. The molecule has 0 aromatic heterocycles. The number of unbranched alkanes of at least 4 members (excludes halogenated alkanes) is 13. The number of aliphatic carboxylic acids is 4. The molecule has 0 saturated heterocycles. The number of hydrogen-bond acceptors (Lipinski definition) is 16. The summed E-state index contributed by atoms with van der Waals surface area (Å²) in [6.45, 7) is 7.17. The zero-order chi connectivity index (χ0) is 63.5. The maximum absolute atomic E-state index is 12.3. The van der Waals surface area contributed by atoms with Gasteiger partial charge in [0.25, 0.3) is 5.91 Å². The predicted molar refractivity (Wildman–Crippen MR) is 314 cm³/mol. The summed E-state index contributed by atoms with van der Waals surface area (Å²) in [5.74, 6) is -8.35. The summed E-state index contributed by atoms with van der Waals surface area (Å²) in [5, 5.41) is 46.9. The number of benzene rings is 1. The lowest BCUT2D eigenvalue weighted by Gasteiger charge is -2.15. The van der Waals surface area contributed by atoms with Gasteiger partial charge in [-0.1, -0.05) is 108 Å². The molecule has 0 spiro atoms. The Kier molecular flexibility index (Phi) is 47.9. The molecule has 0 aliphatic carbocycles. The van der Waals surface area contributed by atoms with Gasteiger partial charge in [-0.15, -0.1) is 0 Å². The number of ketones is 4. The Labute approximate surface area is 500 Å². The highest BCUT2D eigenvalue weighted by Crippen LogP contribution is 2.16. The van der Waals surface area contributed by atoms with E-state index >= 15 is 0 Å². The number of carbonyl (C=O) groups is 12. The van der Waals surface area contributed by atoms with Crippen LogP contribution in [-0.2, 0) is 71.7 Å². The average molecular weight is 1210 g/mol. The van der Waals surface area contributed by atoms with E-state index in [2.05, 4.69) is 21.3 Å². The highest BCUT2D eigenvalue weighted by atomic mass is 16.5. The number of hydrogen-bond donors (Lipinski definition) is 8. The van der Waals surface area contributed by atoms with Crippen LogP contribution in [0.25, 0.3) is 0 Å². The Balaban J connectivity index is 0.00000224. The van der Waals surface area contributed by atoms with Crippen LogP contribution in [0, 0.1) is 12.8 Å². The molecule has 0 saturated carbocycles. The van der Waals surface area contributed by atoms with Crippen molar-refractivity contribution in [2.24, 2.45) is 5.92 Å². The number of carbonyl (C=O) groups excluding carboxylic acids is 8. The monoisotopic (exact) mass is 1210 g/mol. The number of ether oxygens (including phenoxy) is 4. The van der Waals surface area contributed by atoms with E-state index in [1.165, 1.54) is 26.2 Å². The van der Waals surface area contributed by atoms with Crippen molar-refractivity contribution in [2.75, 3.05) is 65.9 Å². The molecule has 0 aliphatic heterocycles. The summed E-state index contributed by atoms with van der Waals surface area (Å²) in [7, 11) is 0. The third kappa shape index (κ3) is 47.4. The number of rotatable bonds is 55. The van der Waals surface area contributed by atoms with Crippen LogP contribution in [0.5, 0.6) is 0 Å². The Morgan fingerprint density at radius 2 is 0.929 bits per heavy atom. The summed E-state index contributed by atoms with van der Waals surface area (Å²) < 4.78 is 21.1. The molecule has 1 aromatic carbocycles. The first kappa shape index (κ1) is 78.5. The molecule has 24 nitrogen and oxygen atoms in total. The van der Waals surface area contributed by atoms with Crippen LogP contribution >= 0.6 is 0 Å². The van der Waals surface area contributed by atoms with Gasteiger partial charge in [-0.3, -0.25) is 43.2 Å².